The van der Waals surface area contributed by atoms with Gasteiger partial charge in [0.1, 0.15) is 17.3 Å². The first kappa shape index (κ1) is 29.6. The summed E-state index contributed by atoms with van der Waals surface area (Å²) in [4.78, 5) is 18.2. The van der Waals surface area contributed by atoms with E-state index in [1.807, 2.05) is 0 Å². The highest BCUT2D eigenvalue weighted by Crippen LogP contribution is 2.42. The van der Waals surface area contributed by atoms with Gasteiger partial charge in [0.15, 0.2) is 11.6 Å². The number of ether oxygens (including phenoxy) is 1. The van der Waals surface area contributed by atoms with Gasteiger partial charge in [0.2, 0.25) is 0 Å². The third-order valence-electron chi connectivity index (χ3n) is 7.83. The fraction of sp³-hybridized carbons (Fsp3) is 0.448. The number of benzene rings is 2. The number of nitrogens with zero attached hydrogens (tertiary/aromatic N) is 2. The zero-order valence-corrected chi connectivity index (χ0v) is 22.3. The number of aliphatic carboxylic acids is 1. The number of piperidine rings is 1. The van der Waals surface area contributed by atoms with Crippen molar-refractivity contribution in [3.05, 3.63) is 65.1 Å². The molecule has 4 N–H and O–H groups in total. The van der Waals surface area contributed by atoms with Crippen molar-refractivity contribution in [3.8, 4) is 5.75 Å². The number of aliphatic hydroxyl groups is 2. The van der Waals surface area contributed by atoms with Crippen molar-refractivity contribution in [1.82, 2.24) is 9.88 Å². The van der Waals surface area contributed by atoms with E-state index in [0.29, 0.717) is 85.2 Å². The molecule has 1 saturated heterocycles. The number of carboxylic acid groups (broad SMARTS) is 1. The number of fused-ring (bicyclic) bond motifs is 1. The van der Waals surface area contributed by atoms with Gasteiger partial charge in [-0.05, 0) is 68.0 Å². The summed E-state index contributed by atoms with van der Waals surface area (Å²) in [5.41, 5.74) is 0.787. The first-order chi connectivity index (χ1) is 19.1. The van der Waals surface area contributed by atoms with Crippen LogP contribution in [0.4, 0.5) is 18.9 Å². The van der Waals surface area contributed by atoms with E-state index in [4.69, 9.17) is 4.74 Å². The van der Waals surface area contributed by atoms with Crippen molar-refractivity contribution in [2.45, 2.75) is 44.8 Å². The Morgan fingerprint density at radius 1 is 1.18 bits per heavy atom. The van der Waals surface area contributed by atoms with E-state index < -0.39 is 34.9 Å². The lowest BCUT2D eigenvalue weighted by atomic mass is 9.71. The van der Waals surface area contributed by atoms with Crippen LogP contribution in [0.25, 0.3) is 10.9 Å². The predicted octanol–water partition coefficient (Wildman–Crippen LogP) is 4.64. The third-order valence-corrected chi connectivity index (χ3v) is 7.83. The molecule has 0 spiro atoms. The number of nitrogens with one attached hydrogen (secondary N) is 1. The molecule has 0 radical (unpaired) electrons. The molecule has 0 bridgehead atoms. The Labute approximate surface area is 230 Å². The highest BCUT2D eigenvalue weighted by atomic mass is 19.1. The summed E-state index contributed by atoms with van der Waals surface area (Å²) in [6.45, 7) is 1.55. The fourth-order valence-electron chi connectivity index (χ4n) is 5.60. The van der Waals surface area contributed by atoms with Gasteiger partial charge in [0, 0.05) is 42.4 Å². The van der Waals surface area contributed by atoms with Gasteiger partial charge >= 0.3 is 5.97 Å². The molecule has 2 heterocycles. The number of aliphatic hydroxyl groups excluding tert-OH is 2. The second-order valence-electron chi connectivity index (χ2n) is 10.4. The van der Waals surface area contributed by atoms with E-state index in [0.717, 1.165) is 0 Å². The molecule has 11 heteroatoms. The highest BCUT2D eigenvalue weighted by molar-refractivity contribution is 5.85. The van der Waals surface area contributed by atoms with Crippen LogP contribution in [-0.2, 0) is 11.4 Å². The minimum absolute atomic E-state index is 0.0460. The molecular weight excluding hydrogens is 527 g/mol. The van der Waals surface area contributed by atoms with Gasteiger partial charge in [0.25, 0.3) is 0 Å². The highest BCUT2D eigenvalue weighted by Gasteiger charge is 2.37. The number of anilines is 1. The summed E-state index contributed by atoms with van der Waals surface area (Å²) in [7, 11) is 1.54. The quantitative estimate of drug-likeness (QED) is 0.253. The second kappa shape index (κ2) is 12.8. The molecule has 1 aromatic heterocycles. The third kappa shape index (κ3) is 6.83. The number of rotatable bonds is 12. The first-order valence-corrected chi connectivity index (χ1v) is 13.2. The van der Waals surface area contributed by atoms with Gasteiger partial charge in [-0.2, -0.15) is 0 Å². The van der Waals surface area contributed by atoms with Crippen LogP contribution in [0.5, 0.6) is 5.75 Å². The van der Waals surface area contributed by atoms with Crippen LogP contribution in [0.3, 0.4) is 0 Å². The average Bonchev–Trinajstić information content (AvgIpc) is 2.92. The molecule has 0 amide bonds. The van der Waals surface area contributed by atoms with Crippen molar-refractivity contribution in [2.75, 3.05) is 38.6 Å². The van der Waals surface area contributed by atoms with E-state index in [1.165, 1.54) is 13.3 Å². The minimum Gasteiger partial charge on any atom is -0.497 e. The monoisotopic (exact) mass is 561 g/mol. The smallest absolute Gasteiger partial charge is 0.303 e. The van der Waals surface area contributed by atoms with Gasteiger partial charge in [-0.25, -0.2) is 13.2 Å². The summed E-state index contributed by atoms with van der Waals surface area (Å²) in [5.74, 6) is -3.31. The maximum absolute atomic E-state index is 13.9. The maximum Gasteiger partial charge on any atom is 0.303 e. The molecule has 2 aromatic carbocycles. The number of methoxy groups -OCH3 is 1. The summed E-state index contributed by atoms with van der Waals surface area (Å²) >= 11 is 0. The lowest BCUT2D eigenvalue weighted by molar-refractivity contribution is -0.141. The lowest BCUT2D eigenvalue weighted by Gasteiger charge is -2.41. The van der Waals surface area contributed by atoms with Crippen LogP contribution >= 0.6 is 0 Å². The van der Waals surface area contributed by atoms with Crippen LogP contribution in [0.1, 0.15) is 49.3 Å². The van der Waals surface area contributed by atoms with Crippen molar-refractivity contribution in [1.29, 1.82) is 0 Å². The number of halogens is 3. The average molecular weight is 562 g/mol. The van der Waals surface area contributed by atoms with E-state index >= 15 is 0 Å². The topological polar surface area (TPSA) is 115 Å². The van der Waals surface area contributed by atoms with Crippen LogP contribution in [0.15, 0.2) is 36.5 Å². The number of hydrogen-bond acceptors (Lipinski definition) is 7. The van der Waals surface area contributed by atoms with Crippen molar-refractivity contribution in [2.24, 2.45) is 5.41 Å². The molecule has 1 fully saturated rings. The lowest BCUT2D eigenvalue weighted by Crippen LogP contribution is -2.43. The summed E-state index contributed by atoms with van der Waals surface area (Å²) < 4.78 is 46.2. The zero-order chi connectivity index (χ0) is 28.9. The first-order valence-electron chi connectivity index (χ1n) is 13.2. The Morgan fingerprint density at radius 3 is 2.50 bits per heavy atom. The largest absolute Gasteiger partial charge is 0.497 e. The Balaban J connectivity index is 1.41. The van der Waals surface area contributed by atoms with Gasteiger partial charge < -0.3 is 30.3 Å². The van der Waals surface area contributed by atoms with E-state index in [-0.39, 0.29) is 25.3 Å². The van der Waals surface area contributed by atoms with Crippen LogP contribution < -0.4 is 10.1 Å². The molecule has 3 aromatic rings. The number of likely N-dealkylation sites (tertiary alicyclic amines) is 1. The van der Waals surface area contributed by atoms with Crippen molar-refractivity contribution < 1.29 is 38.0 Å². The van der Waals surface area contributed by atoms with E-state index in [1.54, 1.807) is 18.2 Å². The SMILES string of the molecule is COc1ccc2ncc(CO)c([C@@H](O)CCC3(CC(=O)O)CCN(CCNc4c(F)cc(F)cc4F)CC3)c2c1. The molecule has 1 atom stereocenters. The van der Waals surface area contributed by atoms with Crippen molar-refractivity contribution in [3.63, 3.8) is 0 Å². The van der Waals surface area contributed by atoms with Crippen LogP contribution in [0.2, 0.25) is 0 Å². The standard InChI is InChI=1S/C29H34F3N3O5/c1-40-20-2-3-24-21(14-20)27(18(17-36)16-34-24)25(37)4-5-29(15-26(38)39)6-9-35(10-7-29)11-8-33-28-22(31)12-19(30)13-23(28)32/h2-3,12-14,16,25,33,36-37H,4-11,15,17H2,1H3,(H,38,39)/t25-/m0/s1. The fourth-order valence-corrected chi connectivity index (χ4v) is 5.60. The van der Waals surface area contributed by atoms with Crippen LogP contribution in [0, 0.1) is 22.9 Å². The Hall–Kier alpha value is -3.41. The molecule has 0 unspecified atom stereocenters. The molecule has 8 nitrogen and oxygen atoms in total. The maximum atomic E-state index is 13.9. The molecule has 4 rings (SSSR count). The van der Waals surface area contributed by atoms with Crippen molar-refractivity contribution >= 4 is 22.6 Å². The number of carbonyl (C=O) groups is 1. The Morgan fingerprint density at radius 2 is 1.88 bits per heavy atom. The van der Waals surface area contributed by atoms with Gasteiger partial charge in [-0.15, -0.1) is 0 Å². The van der Waals surface area contributed by atoms with E-state index in [2.05, 4.69) is 15.2 Å². The molecular formula is C29H34F3N3O5. The molecule has 216 valence electrons. The summed E-state index contributed by atoms with van der Waals surface area (Å²) in [6.07, 6.45) is 2.43. The number of pyridine rings is 1. The predicted molar refractivity (Wildman–Crippen MR) is 144 cm³/mol. The zero-order valence-electron chi connectivity index (χ0n) is 22.3. The van der Waals surface area contributed by atoms with E-state index in [9.17, 15) is 33.3 Å². The number of carboxylic acids is 1. The normalized spacial score (nSPS) is 16.1. The molecule has 0 aliphatic carbocycles. The summed E-state index contributed by atoms with van der Waals surface area (Å²) in [5, 5.41) is 34.2. The number of aromatic nitrogens is 1. The van der Waals surface area contributed by atoms with Gasteiger partial charge in [-0.1, -0.05) is 0 Å². The van der Waals surface area contributed by atoms with Crippen LogP contribution in [-0.4, -0.2) is 64.5 Å². The molecule has 1 aliphatic heterocycles. The Kier molecular flexibility index (Phi) is 9.49. The second-order valence-corrected chi connectivity index (χ2v) is 10.4. The Bertz CT molecular complexity index is 1320. The van der Waals surface area contributed by atoms with Gasteiger partial charge in [-0.3, -0.25) is 9.78 Å². The molecule has 40 heavy (non-hydrogen) atoms. The van der Waals surface area contributed by atoms with Gasteiger partial charge in [0.05, 0.1) is 31.8 Å². The molecule has 0 saturated carbocycles. The number of hydrogen-bond donors (Lipinski definition) is 4. The minimum atomic E-state index is -1.00. The molecule has 1 aliphatic rings. The summed E-state index contributed by atoms with van der Waals surface area (Å²) in [6, 6.07) is 6.55.